The molecule has 2 aromatic heterocycles. The number of aryl methyl sites for hydroxylation is 1. The molecule has 1 amide bonds. The van der Waals surface area contributed by atoms with Crippen molar-refractivity contribution in [1.82, 2.24) is 14.1 Å². The molecule has 45 heavy (non-hydrogen) atoms. The van der Waals surface area contributed by atoms with Crippen LogP contribution < -0.4 is 35.5 Å². The molecule has 0 saturated carbocycles. The fourth-order valence-electron chi connectivity index (χ4n) is 4.82. The van der Waals surface area contributed by atoms with Crippen LogP contribution in [0.2, 0.25) is 0 Å². The molecule has 1 aliphatic rings. The lowest BCUT2D eigenvalue weighted by atomic mass is 10.1. The Morgan fingerprint density at radius 3 is 2.44 bits per heavy atom. The molecule has 6 rings (SSSR count). The second kappa shape index (κ2) is 12.1. The zero-order chi connectivity index (χ0) is 31.7. The van der Waals surface area contributed by atoms with Gasteiger partial charge in [-0.2, -0.15) is 0 Å². The van der Waals surface area contributed by atoms with Crippen LogP contribution in [0.15, 0.2) is 76.6 Å². The van der Waals surface area contributed by atoms with E-state index >= 15 is 4.39 Å². The summed E-state index contributed by atoms with van der Waals surface area (Å²) in [4.78, 5) is 43.6. The number of pyridine rings is 1. The summed E-state index contributed by atoms with van der Waals surface area (Å²) in [6, 6.07) is 11.2. The van der Waals surface area contributed by atoms with E-state index in [2.05, 4.69) is 10.3 Å². The Balaban J connectivity index is 1.31. The molecule has 0 radical (unpaired) electrons. The largest absolute Gasteiger partial charge is 0.493 e. The van der Waals surface area contributed by atoms with Gasteiger partial charge in [0.25, 0.3) is 11.5 Å². The summed E-state index contributed by atoms with van der Waals surface area (Å²) in [6.45, 7) is -0.827. The minimum atomic E-state index is -1.03. The van der Waals surface area contributed by atoms with Gasteiger partial charge in [-0.3, -0.25) is 19.1 Å². The maximum Gasteiger partial charge on any atom is 0.335 e. The van der Waals surface area contributed by atoms with Crippen LogP contribution in [0.25, 0.3) is 16.6 Å². The molecule has 0 bridgehead atoms. The summed E-state index contributed by atoms with van der Waals surface area (Å²) in [6.07, 6.45) is 2.39. The molecule has 1 aliphatic heterocycles. The van der Waals surface area contributed by atoms with Gasteiger partial charge in [0.05, 0.1) is 30.2 Å². The Labute approximate surface area is 252 Å². The average Bonchev–Trinajstić information content (AvgIpc) is 3.04. The number of anilines is 1. The highest BCUT2D eigenvalue weighted by molar-refractivity contribution is 6.04. The molecule has 230 valence electrons. The van der Waals surface area contributed by atoms with Gasteiger partial charge in [0, 0.05) is 30.2 Å². The lowest BCUT2D eigenvalue weighted by molar-refractivity contribution is 0.102. The number of ether oxygens (including phenoxy) is 4. The van der Waals surface area contributed by atoms with E-state index in [4.69, 9.17) is 18.9 Å². The number of carbonyl (C=O) groups excluding carboxylic acids is 1. The lowest BCUT2D eigenvalue weighted by Gasteiger charge is -2.23. The summed E-state index contributed by atoms with van der Waals surface area (Å²) < 4.78 is 66.3. The van der Waals surface area contributed by atoms with E-state index in [0.717, 1.165) is 29.0 Å². The predicted octanol–water partition coefficient (Wildman–Crippen LogP) is 4.62. The highest BCUT2D eigenvalue weighted by Gasteiger charge is 2.25. The number of hydrogen-bond donors (Lipinski definition) is 1. The van der Waals surface area contributed by atoms with Crippen LogP contribution >= 0.6 is 0 Å². The third-order valence-electron chi connectivity index (χ3n) is 6.88. The third kappa shape index (κ3) is 5.53. The number of nitrogens with one attached hydrogen (secondary N) is 1. The van der Waals surface area contributed by atoms with Gasteiger partial charge < -0.3 is 24.3 Å². The Kier molecular flexibility index (Phi) is 7.86. The summed E-state index contributed by atoms with van der Waals surface area (Å²) in [5, 5.41) is 2.85. The van der Waals surface area contributed by atoms with Crippen molar-refractivity contribution in [3.63, 3.8) is 0 Å². The van der Waals surface area contributed by atoms with Crippen LogP contribution in [0.1, 0.15) is 10.4 Å². The Morgan fingerprint density at radius 1 is 0.978 bits per heavy atom. The van der Waals surface area contributed by atoms with E-state index in [1.165, 1.54) is 43.6 Å². The van der Waals surface area contributed by atoms with E-state index in [1.807, 2.05) is 0 Å². The van der Waals surface area contributed by atoms with Crippen LogP contribution in [-0.2, 0) is 6.54 Å². The quantitative estimate of drug-likeness (QED) is 0.267. The average molecular weight is 621 g/mol. The molecule has 11 nitrogen and oxygen atoms in total. The van der Waals surface area contributed by atoms with Crippen LogP contribution in [0.3, 0.4) is 0 Å². The van der Waals surface area contributed by atoms with Crippen molar-refractivity contribution in [2.75, 3.05) is 32.3 Å². The minimum absolute atomic E-state index is 0.0264. The molecule has 1 N–H and O–H groups in total. The van der Waals surface area contributed by atoms with E-state index in [9.17, 15) is 23.2 Å². The normalized spacial score (nSPS) is 12.2. The minimum Gasteiger partial charge on any atom is -0.493 e. The van der Waals surface area contributed by atoms with Crippen molar-refractivity contribution < 1.29 is 36.9 Å². The molecule has 0 saturated heterocycles. The Hall–Kier alpha value is -5.79. The van der Waals surface area contributed by atoms with Crippen LogP contribution in [0.4, 0.5) is 18.9 Å². The van der Waals surface area contributed by atoms with Crippen molar-refractivity contribution in [2.45, 2.75) is 6.54 Å². The number of benzene rings is 3. The second-order valence-electron chi connectivity index (χ2n) is 9.66. The van der Waals surface area contributed by atoms with Crippen LogP contribution in [-0.4, -0.2) is 47.0 Å². The van der Waals surface area contributed by atoms with Crippen molar-refractivity contribution in [2.24, 2.45) is 0 Å². The van der Waals surface area contributed by atoms with Crippen LogP contribution in [0, 0.1) is 11.6 Å². The number of rotatable bonds is 8. The van der Waals surface area contributed by atoms with E-state index < -0.39 is 47.6 Å². The Morgan fingerprint density at radius 2 is 1.73 bits per heavy atom. The number of carbonyl (C=O) groups is 1. The van der Waals surface area contributed by atoms with Crippen molar-refractivity contribution in [3.05, 3.63) is 105 Å². The predicted molar refractivity (Wildman–Crippen MR) is 156 cm³/mol. The van der Waals surface area contributed by atoms with Crippen molar-refractivity contribution >= 4 is 22.5 Å². The first kappa shape index (κ1) is 29.3. The summed E-state index contributed by atoms with van der Waals surface area (Å²) >= 11 is 0. The molecule has 0 fully saturated rings. The maximum absolute atomic E-state index is 15.3. The zero-order valence-electron chi connectivity index (χ0n) is 23.5. The van der Waals surface area contributed by atoms with Crippen molar-refractivity contribution in [1.29, 1.82) is 0 Å². The van der Waals surface area contributed by atoms with E-state index in [-0.39, 0.29) is 29.5 Å². The molecule has 0 atom stereocenters. The molecule has 0 unspecified atom stereocenters. The van der Waals surface area contributed by atoms with Gasteiger partial charge in [-0.1, -0.05) is 0 Å². The number of alkyl halides is 1. The number of methoxy groups -OCH3 is 1. The fourth-order valence-corrected chi connectivity index (χ4v) is 4.82. The van der Waals surface area contributed by atoms with Crippen molar-refractivity contribution in [3.8, 4) is 34.4 Å². The summed E-state index contributed by atoms with van der Waals surface area (Å²) in [5.41, 5.74) is -2.10. The molecule has 3 aromatic carbocycles. The number of fused-ring (bicyclic) bond motifs is 3. The number of hydrogen-bond acceptors (Lipinski definition) is 8. The van der Waals surface area contributed by atoms with Gasteiger partial charge in [0.2, 0.25) is 5.75 Å². The molecule has 0 spiro atoms. The molecular weight excluding hydrogens is 597 g/mol. The van der Waals surface area contributed by atoms with E-state index in [1.54, 1.807) is 6.07 Å². The highest BCUT2D eigenvalue weighted by atomic mass is 19.1. The summed E-state index contributed by atoms with van der Waals surface area (Å²) in [5.74, 6) is -1.32. The molecule has 5 aromatic rings. The molecule has 3 heterocycles. The van der Waals surface area contributed by atoms with Gasteiger partial charge in [0.1, 0.15) is 37.0 Å². The standard InChI is InChI=1S/C31H23F3N4O7/c1-42-25-15-22-26(28-27(25)43-12-13-44-28)24(8-10-35-22)45-23-7-4-18(14-21(23)34)36-29(39)20-16-37(11-9-32)31(41)38(30(20)40)19-5-2-17(33)3-6-19/h2-8,10,14-16H,9,11-13H2,1H3,(H,36,39). The monoisotopic (exact) mass is 620 g/mol. The SMILES string of the molecule is COc1cc2nccc(Oc3ccc(NC(=O)c4cn(CCF)c(=O)n(-c5ccc(F)cc5)c4=O)cc3F)c2c2c1OCCO2. The fraction of sp³-hybridized carbons (Fsp3) is 0.161. The first-order valence-corrected chi connectivity index (χ1v) is 13.5. The molecule has 14 heteroatoms. The first-order chi connectivity index (χ1) is 21.8. The topological polar surface area (TPSA) is 123 Å². The van der Waals surface area contributed by atoms with Crippen LogP contribution in [0.5, 0.6) is 28.7 Å². The highest BCUT2D eigenvalue weighted by Crippen LogP contribution is 2.48. The number of halogens is 3. The first-order valence-electron chi connectivity index (χ1n) is 13.5. The molecular formula is C31H23F3N4O7. The second-order valence-corrected chi connectivity index (χ2v) is 9.66. The number of aromatic nitrogens is 3. The van der Waals surface area contributed by atoms with Gasteiger partial charge in [-0.25, -0.2) is 22.5 Å². The third-order valence-corrected chi connectivity index (χ3v) is 6.88. The molecule has 0 aliphatic carbocycles. The lowest BCUT2D eigenvalue weighted by Crippen LogP contribution is -2.42. The maximum atomic E-state index is 15.3. The van der Waals surface area contributed by atoms with Gasteiger partial charge in [-0.05, 0) is 42.5 Å². The Bertz CT molecular complexity index is 2060. The van der Waals surface area contributed by atoms with Gasteiger partial charge >= 0.3 is 5.69 Å². The van der Waals surface area contributed by atoms with E-state index in [0.29, 0.717) is 39.3 Å². The van der Waals surface area contributed by atoms with Gasteiger partial charge in [0.15, 0.2) is 23.1 Å². The number of nitrogens with zero attached hydrogens (tertiary/aromatic N) is 3. The summed E-state index contributed by atoms with van der Waals surface area (Å²) in [7, 11) is 1.48. The zero-order valence-corrected chi connectivity index (χ0v) is 23.5. The number of amides is 1. The smallest absolute Gasteiger partial charge is 0.335 e. The van der Waals surface area contributed by atoms with Gasteiger partial charge in [-0.15, -0.1) is 0 Å².